The number of amides is 2. The van der Waals surface area contributed by atoms with Gasteiger partial charge in [-0.3, -0.25) is 19.2 Å². The minimum atomic E-state index is -4.41. The molecule has 6 atom stereocenters. The summed E-state index contributed by atoms with van der Waals surface area (Å²) < 4.78 is 55.7. The van der Waals surface area contributed by atoms with Crippen LogP contribution in [0.3, 0.4) is 0 Å². The number of hydrogen-bond donors (Lipinski definition) is 1. The molecule has 0 radical (unpaired) electrons. The van der Waals surface area contributed by atoms with Crippen LogP contribution >= 0.6 is 0 Å². The van der Waals surface area contributed by atoms with E-state index in [0.29, 0.717) is 56.9 Å². The second-order valence-electron chi connectivity index (χ2n) is 16.3. The number of pyridine rings is 1. The van der Waals surface area contributed by atoms with E-state index < -0.39 is 68.4 Å². The van der Waals surface area contributed by atoms with E-state index in [1.807, 2.05) is 45.9 Å². The summed E-state index contributed by atoms with van der Waals surface area (Å²) in [6.07, 6.45) is 2.77. The van der Waals surface area contributed by atoms with Gasteiger partial charge >= 0.3 is 16.3 Å². The fourth-order valence-electron chi connectivity index (χ4n) is 7.59. The Bertz CT molecular complexity index is 1850. The van der Waals surface area contributed by atoms with E-state index in [2.05, 4.69) is 9.71 Å². The summed E-state index contributed by atoms with van der Waals surface area (Å²) in [4.78, 5) is 61.8. The highest BCUT2D eigenvalue weighted by Crippen LogP contribution is 2.58. The van der Waals surface area contributed by atoms with Gasteiger partial charge in [0.15, 0.2) is 5.78 Å². The topological polar surface area (TPSA) is 177 Å². The predicted octanol–water partition coefficient (Wildman–Crippen LogP) is 4.28. The van der Waals surface area contributed by atoms with E-state index in [9.17, 15) is 27.6 Å². The van der Waals surface area contributed by atoms with Gasteiger partial charge in [-0.25, -0.2) is 13.9 Å². The number of benzene rings is 1. The molecular formula is C38H51N3O11S. The van der Waals surface area contributed by atoms with E-state index in [1.54, 1.807) is 26.3 Å². The van der Waals surface area contributed by atoms with Crippen molar-refractivity contribution in [2.45, 2.75) is 110 Å². The lowest BCUT2D eigenvalue weighted by molar-refractivity contribution is -0.156. The van der Waals surface area contributed by atoms with Crippen molar-refractivity contribution in [2.75, 3.05) is 26.9 Å². The number of methoxy groups -OCH3 is 1. The minimum absolute atomic E-state index is 0.0265. The van der Waals surface area contributed by atoms with Crippen molar-refractivity contribution in [2.24, 2.45) is 22.7 Å². The first kappa shape index (κ1) is 38.9. The van der Waals surface area contributed by atoms with Crippen molar-refractivity contribution in [3.05, 3.63) is 30.5 Å². The molecule has 0 unspecified atom stereocenters. The third-order valence-electron chi connectivity index (χ3n) is 11.2. The first-order valence-electron chi connectivity index (χ1n) is 18.4. The summed E-state index contributed by atoms with van der Waals surface area (Å²) in [6.45, 7) is 9.94. The summed E-state index contributed by atoms with van der Waals surface area (Å²) in [6, 6.07) is 6.29. The summed E-state index contributed by atoms with van der Waals surface area (Å²) in [5.74, 6) is -2.21. The average Bonchev–Trinajstić information content (AvgIpc) is 3.83. The molecule has 4 fully saturated rings. The molecule has 1 aromatic heterocycles. The van der Waals surface area contributed by atoms with Gasteiger partial charge < -0.3 is 23.8 Å². The number of rotatable bonds is 15. The van der Waals surface area contributed by atoms with Gasteiger partial charge in [0.05, 0.1) is 56.3 Å². The van der Waals surface area contributed by atoms with Crippen molar-refractivity contribution in [3.8, 4) is 11.6 Å². The second-order valence-corrected chi connectivity index (χ2v) is 17.6. The molecule has 290 valence electrons. The third-order valence-corrected chi connectivity index (χ3v) is 12.2. The van der Waals surface area contributed by atoms with E-state index in [0.717, 1.165) is 10.8 Å². The van der Waals surface area contributed by atoms with Gasteiger partial charge in [0, 0.05) is 30.8 Å². The van der Waals surface area contributed by atoms with Crippen molar-refractivity contribution in [1.29, 1.82) is 0 Å². The van der Waals surface area contributed by atoms with Gasteiger partial charge in [0.2, 0.25) is 17.7 Å². The van der Waals surface area contributed by atoms with Gasteiger partial charge in [0.25, 0.3) is 0 Å². The predicted molar refractivity (Wildman–Crippen MR) is 192 cm³/mol. The second kappa shape index (κ2) is 14.8. The minimum Gasteiger partial charge on any atom is -0.497 e. The summed E-state index contributed by atoms with van der Waals surface area (Å²) in [7, 11) is -2.83. The zero-order valence-electron chi connectivity index (χ0n) is 31.3. The Morgan fingerprint density at radius 1 is 1.13 bits per heavy atom. The number of ether oxygens (including phenoxy) is 4. The van der Waals surface area contributed by atoms with Crippen LogP contribution in [0.1, 0.15) is 86.0 Å². The van der Waals surface area contributed by atoms with E-state index in [1.165, 1.54) is 4.90 Å². The van der Waals surface area contributed by atoms with Crippen LogP contribution in [0.4, 0.5) is 0 Å². The highest BCUT2D eigenvalue weighted by molar-refractivity contribution is 7.85. The lowest BCUT2D eigenvalue weighted by Gasteiger charge is -2.35. The molecule has 0 spiro atoms. The summed E-state index contributed by atoms with van der Waals surface area (Å²) in [5.41, 5.74) is -2.80. The van der Waals surface area contributed by atoms with Gasteiger partial charge in [0.1, 0.15) is 18.0 Å². The molecule has 2 saturated heterocycles. The van der Waals surface area contributed by atoms with Crippen LogP contribution in [-0.2, 0) is 43.1 Å². The van der Waals surface area contributed by atoms with Gasteiger partial charge in [-0.1, -0.05) is 34.1 Å². The Kier molecular flexibility index (Phi) is 10.8. The summed E-state index contributed by atoms with van der Waals surface area (Å²) >= 11 is 0. The molecule has 2 aliphatic carbocycles. The molecule has 2 aliphatic heterocycles. The average molecular weight is 758 g/mol. The lowest BCUT2D eigenvalue weighted by Crippen LogP contribution is -2.48. The van der Waals surface area contributed by atoms with Crippen molar-refractivity contribution >= 4 is 44.6 Å². The molecule has 1 N–H and O–H groups in total. The molecule has 14 nitrogen and oxygen atoms in total. The zero-order valence-corrected chi connectivity index (χ0v) is 32.2. The van der Waals surface area contributed by atoms with Crippen LogP contribution in [0.15, 0.2) is 30.5 Å². The Hall–Kier alpha value is -3.82. The fraction of sp³-hybridized carbons (Fsp3) is 0.658. The van der Waals surface area contributed by atoms with Crippen LogP contribution in [0, 0.1) is 22.7 Å². The number of nitrogens with zero attached hydrogens (tertiary/aromatic N) is 2. The zero-order chi connectivity index (χ0) is 38.3. The normalized spacial score (nSPS) is 26.9. The molecule has 2 aromatic rings. The van der Waals surface area contributed by atoms with Crippen LogP contribution < -0.4 is 14.2 Å². The smallest absolute Gasteiger partial charge is 0.362 e. The van der Waals surface area contributed by atoms with Gasteiger partial charge in [-0.05, 0) is 67.2 Å². The maximum atomic E-state index is 14.6. The number of Topliss-reactive ketones (excluding diaryl/α,β-unsaturated/α-hetero) is 1. The fourth-order valence-corrected chi connectivity index (χ4v) is 8.76. The molecule has 6 rings (SSSR count). The number of ketones is 1. The maximum Gasteiger partial charge on any atom is 0.362 e. The first-order chi connectivity index (χ1) is 25.0. The summed E-state index contributed by atoms with van der Waals surface area (Å²) in [5, 5.41) is 1.55. The number of nitrogens with one attached hydrogen (secondary N) is 1. The third kappa shape index (κ3) is 8.78. The number of carbonyl (C=O) groups is 4. The molecule has 2 saturated carbocycles. The van der Waals surface area contributed by atoms with Crippen LogP contribution in [0.5, 0.6) is 11.6 Å². The first-order valence-corrected chi connectivity index (χ1v) is 19.8. The maximum absolute atomic E-state index is 14.6. The molecule has 1 aromatic carbocycles. The van der Waals surface area contributed by atoms with E-state index in [4.69, 9.17) is 23.1 Å². The number of fused-ring (bicyclic) bond motifs is 1. The lowest BCUT2D eigenvalue weighted by atomic mass is 9.77. The number of likely N-dealkylation sites (tertiary alicyclic amines) is 1. The number of aromatic nitrogens is 1. The van der Waals surface area contributed by atoms with Crippen molar-refractivity contribution in [3.63, 3.8) is 0 Å². The van der Waals surface area contributed by atoms with Crippen LogP contribution in [0.25, 0.3) is 10.8 Å². The number of carbonyl (C=O) groups excluding carboxylic acids is 4. The molecule has 15 heteroatoms. The molecular weight excluding hydrogens is 706 g/mol. The largest absolute Gasteiger partial charge is 0.497 e. The Morgan fingerprint density at radius 2 is 1.89 bits per heavy atom. The highest BCUT2D eigenvalue weighted by atomic mass is 32.2. The Balaban J connectivity index is 1.26. The van der Waals surface area contributed by atoms with Crippen molar-refractivity contribution < 1.29 is 50.7 Å². The molecule has 4 aliphatic rings. The monoisotopic (exact) mass is 757 g/mol. The highest BCUT2D eigenvalue weighted by Gasteiger charge is 2.62. The number of hydrogen-bond acceptors (Lipinski definition) is 12. The molecule has 2 amide bonds. The number of esters is 1. The van der Waals surface area contributed by atoms with E-state index in [-0.39, 0.29) is 37.8 Å². The van der Waals surface area contributed by atoms with Crippen LogP contribution in [0.2, 0.25) is 0 Å². The van der Waals surface area contributed by atoms with E-state index >= 15 is 0 Å². The molecule has 3 heterocycles. The molecule has 53 heavy (non-hydrogen) atoms. The molecule has 0 bridgehead atoms. The van der Waals surface area contributed by atoms with Crippen LogP contribution in [-0.4, -0.2) is 92.6 Å². The quantitative estimate of drug-likeness (QED) is 0.256. The van der Waals surface area contributed by atoms with Crippen molar-refractivity contribution in [1.82, 2.24) is 14.6 Å². The Morgan fingerprint density at radius 3 is 2.51 bits per heavy atom. The Labute approximate surface area is 310 Å². The standard InChI is InChI=1S/C38H51N3O11S/c1-7-24-19-38(24,35(45)40-53(46,47)52-37(5)12-13-37)20-31(42)30-17-27(51-33-28-9-8-25(48-6)16-23(28)10-14-39-33)21-41(30)34(44)29(36(2,3)4)18-32(43)50-26-11-15-49-22-26/h8-10,14,16,24,26-27,29-30H,7,11-13,15,17-22H2,1-6H3,(H,40,45)/t24-,26+,27-,29-,30+,38-/m1/s1. The van der Waals surface area contributed by atoms with Gasteiger partial charge in [-0.15, -0.1) is 0 Å². The SMILES string of the molecule is CC[C@@H]1C[C@]1(CC(=O)[C@@H]1C[C@@H](Oc2nccc3cc(OC)ccc23)CN1C(=O)[C@@H](CC(=O)O[C@H]1CCOC1)C(C)(C)C)C(=O)NS(=O)(=O)OC1(C)CC1. The van der Waals surface area contributed by atoms with Gasteiger partial charge in [-0.2, -0.15) is 8.42 Å².